The lowest BCUT2D eigenvalue weighted by Gasteiger charge is -2.27. The van der Waals surface area contributed by atoms with Gasteiger partial charge in [-0.05, 0) is 38.6 Å². The summed E-state index contributed by atoms with van der Waals surface area (Å²) in [5.74, 6) is -0.152. The number of carbonyl (C=O) groups is 1. The molecule has 0 aromatic carbocycles. The molecule has 0 aliphatic heterocycles. The second kappa shape index (κ2) is 7.95. The molecule has 0 atom stereocenters. The van der Waals surface area contributed by atoms with Crippen LogP contribution in [0.2, 0.25) is 0 Å². The van der Waals surface area contributed by atoms with E-state index in [1.807, 2.05) is 0 Å². The number of hydrogen-bond donors (Lipinski definition) is 2. The van der Waals surface area contributed by atoms with Crippen molar-refractivity contribution >= 4 is 15.9 Å². The van der Waals surface area contributed by atoms with Crippen molar-refractivity contribution in [2.24, 2.45) is 5.92 Å². The van der Waals surface area contributed by atoms with E-state index in [1.165, 1.54) is 4.90 Å². The van der Waals surface area contributed by atoms with E-state index in [0.29, 0.717) is 19.0 Å². The molecule has 0 bridgehead atoms. The molecule has 1 saturated carbocycles. The Morgan fingerprint density at radius 2 is 1.85 bits per heavy atom. The first-order chi connectivity index (χ1) is 9.34. The summed E-state index contributed by atoms with van der Waals surface area (Å²) < 4.78 is 26.7. The predicted molar refractivity (Wildman–Crippen MR) is 79.9 cm³/mol. The number of nitrogens with zero attached hydrogens (tertiary/aromatic N) is 1. The number of sulfonamides is 1. The second-order valence-electron chi connectivity index (χ2n) is 5.75. The first kappa shape index (κ1) is 17.4. The number of rotatable bonds is 7. The van der Waals surface area contributed by atoms with Crippen LogP contribution in [0.25, 0.3) is 0 Å². The molecule has 20 heavy (non-hydrogen) atoms. The van der Waals surface area contributed by atoms with Crippen molar-refractivity contribution in [3.05, 3.63) is 0 Å². The molecule has 0 aromatic rings. The molecule has 6 nitrogen and oxygen atoms in total. The highest BCUT2D eigenvalue weighted by atomic mass is 32.2. The molecule has 0 saturated heterocycles. The van der Waals surface area contributed by atoms with Crippen LogP contribution in [0.1, 0.15) is 32.6 Å². The smallest absolute Gasteiger partial charge is 0.238 e. The Morgan fingerprint density at radius 1 is 1.25 bits per heavy atom. The first-order valence-corrected chi connectivity index (χ1v) is 8.88. The summed E-state index contributed by atoms with van der Waals surface area (Å²) in [6.07, 6.45) is 3.82. The van der Waals surface area contributed by atoms with Crippen LogP contribution in [0.5, 0.6) is 0 Å². The number of likely N-dealkylation sites (N-methyl/N-ethyl adjacent to an activating group) is 2. The standard InChI is InChI=1S/C13H27N3O3S/c1-11-4-6-12(7-5-11)15-20(18,19)10-13(17)16(3)9-8-14-2/h11-12,14-15H,4-10H2,1-3H3. The summed E-state index contributed by atoms with van der Waals surface area (Å²) in [6.45, 7) is 3.34. The summed E-state index contributed by atoms with van der Waals surface area (Å²) in [5, 5.41) is 2.93. The summed E-state index contributed by atoms with van der Waals surface area (Å²) in [5.41, 5.74) is 0. The molecule has 0 aromatic heterocycles. The van der Waals surface area contributed by atoms with Gasteiger partial charge in [0.2, 0.25) is 15.9 Å². The lowest BCUT2D eigenvalue weighted by atomic mass is 9.88. The minimum atomic E-state index is -3.53. The Hall–Kier alpha value is -0.660. The highest BCUT2D eigenvalue weighted by Crippen LogP contribution is 2.23. The van der Waals surface area contributed by atoms with Crippen molar-refractivity contribution in [1.82, 2.24) is 14.9 Å². The van der Waals surface area contributed by atoms with Gasteiger partial charge in [0.25, 0.3) is 0 Å². The lowest BCUT2D eigenvalue weighted by Crippen LogP contribution is -2.43. The minimum absolute atomic E-state index is 0.00776. The van der Waals surface area contributed by atoms with E-state index < -0.39 is 15.8 Å². The van der Waals surface area contributed by atoms with Crippen LogP contribution < -0.4 is 10.0 Å². The average molecular weight is 305 g/mol. The summed E-state index contributed by atoms with van der Waals surface area (Å²) >= 11 is 0. The minimum Gasteiger partial charge on any atom is -0.344 e. The quantitative estimate of drug-likeness (QED) is 0.702. The number of hydrogen-bond acceptors (Lipinski definition) is 4. The van der Waals surface area contributed by atoms with E-state index in [-0.39, 0.29) is 11.9 Å². The molecule has 0 spiro atoms. The zero-order chi connectivity index (χ0) is 15.2. The van der Waals surface area contributed by atoms with Crippen LogP contribution in [0.3, 0.4) is 0 Å². The fourth-order valence-electron chi connectivity index (χ4n) is 2.35. The Morgan fingerprint density at radius 3 is 2.40 bits per heavy atom. The fourth-order valence-corrected chi connectivity index (χ4v) is 3.72. The SMILES string of the molecule is CNCCN(C)C(=O)CS(=O)(=O)NC1CCC(C)CC1. The molecule has 1 amide bonds. The van der Waals surface area contributed by atoms with Gasteiger partial charge in [-0.1, -0.05) is 6.92 Å². The normalized spacial score (nSPS) is 23.6. The Bertz CT molecular complexity index is 403. The maximum absolute atomic E-state index is 12.0. The zero-order valence-electron chi connectivity index (χ0n) is 12.7. The topological polar surface area (TPSA) is 78.5 Å². The van der Waals surface area contributed by atoms with E-state index in [0.717, 1.165) is 25.7 Å². The van der Waals surface area contributed by atoms with Crippen LogP contribution >= 0.6 is 0 Å². The van der Waals surface area contributed by atoms with Gasteiger partial charge in [0.15, 0.2) is 0 Å². The van der Waals surface area contributed by atoms with E-state index in [4.69, 9.17) is 0 Å². The zero-order valence-corrected chi connectivity index (χ0v) is 13.5. The van der Waals surface area contributed by atoms with Gasteiger partial charge in [-0.2, -0.15) is 0 Å². The maximum atomic E-state index is 12.0. The molecule has 1 rings (SSSR count). The van der Waals surface area contributed by atoms with Gasteiger partial charge in [0.05, 0.1) is 0 Å². The molecular formula is C13H27N3O3S. The van der Waals surface area contributed by atoms with Crippen molar-refractivity contribution in [3.63, 3.8) is 0 Å². The summed E-state index contributed by atoms with van der Waals surface area (Å²) in [7, 11) is -0.115. The molecule has 2 N–H and O–H groups in total. The van der Waals surface area contributed by atoms with Crippen molar-refractivity contribution < 1.29 is 13.2 Å². The van der Waals surface area contributed by atoms with E-state index >= 15 is 0 Å². The highest BCUT2D eigenvalue weighted by Gasteiger charge is 2.25. The van der Waals surface area contributed by atoms with E-state index in [1.54, 1.807) is 14.1 Å². The third-order valence-electron chi connectivity index (χ3n) is 3.80. The van der Waals surface area contributed by atoms with Gasteiger partial charge < -0.3 is 10.2 Å². The van der Waals surface area contributed by atoms with Crippen LogP contribution in [0.15, 0.2) is 0 Å². The molecule has 0 unspecified atom stereocenters. The molecule has 7 heteroatoms. The third kappa shape index (κ3) is 6.19. The number of nitrogens with one attached hydrogen (secondary N) is 2. The van der Waals surface area contributed by atoms with Gasteiger partial charge in [0.1, 0.15) is 5.75 Å². The molecule has 1 aliphatic rings. The molecular weight excluding hydrogens is 278 g/mol. The van der Waals surface area contributed by atoms with Crippen LogP contribution in [0.4, 0.5) is 0 Å². The lowest BCUT2D eigenvalue weighted by molar-refractivity contribution is -0.127. The van der Waals surface area contributed by atoms with E-state index in [2.05, 4.69) is 17.0 Å². The van der Waals surface area contributed by atoms with Crippen molar-refractivity contribution in [2.75, 3.05) is 32.9 Å². The summed E-state index contributed by atoms with van der Waals surface area (Å²) in [4.78, 5) is 13.3. The molecule has 118 valence electrons. The Balaban J connectivity index is 2.42. The Labute approximate surface area is 122 Å². The highest BCUT2D eigenvalue weighted by molar-refractivity contribution is 7.90. The Kier molecular flexibility index (Phi) is 6.91. The molecule has 0 radical (unpaired) electrons. The van der Waals surface area contributed by atoms with Gasteiger partial charge >= 0.3 is 0 Å². The maximum Gasteiger partial charge on any atom is 0.238 e. The monoisotopic (exact) mass is 305 g/mol. The third-order valence-corrected chi connectivity index (χ3v) is 5.12. The van der Waals surface area contributed by atoms with Crippen LogP contribution in [-0.4, -0.2) is 58.2 Å². The van der Waals surface area contributed by atoms with Crippen molar-refractivity contribution in [1.29, 1.82) is 0 Å². The predicted octanol–water partition coefficient (Wildman–Crippen LogP) is 0.162. The second-order valence-corrected chi connectivity index (χ2v) is 7.51. The van der Waals surface area contributed by atoms with Gasteiger partial charge in [0, 0.05) is 26.2 Å². The molecule has 1 aliphatic carbocycles. The van der Waals surface area contributed by atoms with Gasteiger partial charge in [-0.3, -0.25) is 4.79 Å². The van der Waals surface area contributed by atoms with Crippen molar-refractivity contribution in [2.45, 2.75) is 38.6 Å². The van der Waals surface area contributed by atoms with Gasteiger partial charge in [-0.25, -0.2) is 13.1 Å². The average Bonchev–Trinajstić information content (AvgIpc) is 2.37. The van der Waals surface area contributed by atoms with Crippen LogP contribution in [-0.2, 0) is 14.8 Å². The van der Waals surface area contributed by atoms with E-state index in [9.17, 15) is 13.2 Å². The number of amides is 1. The molecule has 1 fully saturated rings. The van der Waals surface area contributed by atoms with Crippen molar-refractivity contribution in [3.8, 4) is 0 Å². The number of carbonyl (C=O) groups excluding carboxylic acids is 1. The fraction of sp³-hybridized carbons (Fsp3) is 0.923. The van der Waals surface area contributed by atoms with Gasteiger partial charge in [-0.15, -0.1) is 0 Å². The molecule has 0 heterocycles. The largest absolute Gasteiger partial charge is 0.344 e. The summed E-state index contributed by atoms with van der Waals surface area (Å²) in [6, 6.07) is -0.00776. The van der Waals surface area contributed by atoms with Crippen LogP contribution in [0, 0.1) is 5.92 Å². The first-order valence-electron chi connectivity index (χ1n) is 7.22.